The van der Waals surface area contributed by atoms with Gasteiger partial charge >= 0.3 is 147 Å². The van der Waals surface area contributed by atoms with E-state index in [1.807, 2.05) is 11.8 Å². The van der Waals surface area contributed by atoms with E-state index in [1.54, 1.807) is 0 Å². The number of hydrogen-bond acceptors (Lipinski definition) is 1. The fourth-order valence-electron chi connectivity index (χ4n) is 1.81. The molecule has 21 heavy (non-hydrogen) atoms. The zero-order valence-electron chi connectivity index (χ0n) is 12.3. The van der Waals surface area contributed by atoms with E-state index < -0.39 is 0 Å². The minimum absolute atomic E-state index is 0.330. The second-order valence-corrected chi connectivity index (χ2v) is 10.3. The quantitative estimate of drug-likeness (QED) is 0.451. The van der Waals surface area contributed by atoms with Crippen molar-refractivity contribution < 1.29 is 0 Å². The molecule has 0 bridgehead atoms. The van der Waals surface area contributed by atoms with Gasteiger partial charge in [-0.15, -0.1) is 0 Å². The molecule has 2 aromatic carbocycles. The molecule has 0 amide bonds. The van der Waals surface area contributed by atoms with Gasteiger partial charge in [0.2, 0.25) is 0 Å². The van der Waals surface area contributed by atoms with Gasteiger partial charge < -0.3 is 0 Å². The van der Waals surface area contributed by atoms with Crippen molar-refractivity contribution >= 4 is 53.2 Å². The normalized spacial score (nSPS) is 11.7. The summed E-state index contributed by atoms with van der Waals surface area (Å²) in [5, 5.41) is 0. The number of rotatable bonds is 6. The van der Waals surface area contributed by atoms with Crippen LogP contribution in [0.3, 0.4) is 0 Å². The van der Waals surface area contributed by atoms with Gasteiger partial charge in [-0.05, 0) is 0 Å². The first-order chi connectivity index (χ1) is 10.2. The molecule has 0 N–H and O–H groups in total. The van der Waals surface area contributed by atoms with Crippen molar-refractivity contribution in [1.82, 2.24) is 0 Å². The van der Waals surface area contributed by atoms with Crippen molar-refractivity contribution in [3.63, 3.8) is 0 Å². The van der Waals surface area contributed by atoms with Gasteiger partial charge in [0.25, 0.3) is 0 Å². The van der Waals surface area contributed by atoms with Gasteiger partial charge in [0.1, 0.15) is 0 Å². The van der Waals surface area contributed by atoms with E-state index >= 15 is 0 Å². The summed E-state index contributed by atoms with van der Waals surface area (Å²) in [4.78, 5) is 1.37. The topological polar surface area (TPSA) is 0 Å². The summed E-state index contributed by atoms with van der Waals surface area (Å²) in [5.41, 5.74) is 2.63. The van der Waals surface area contributed by atoms with Crippen molar-refractivity contribution in [2.75, 3.05) is 5.75 Å². The van der Waals surface area contributed by atoms with Gasteiger partial charge in [0.05, 0.1) is 0 Å². The van der Waals surface area contributed by atoms with Crippen LogP contribution < -0.4 is 4.46 Å². The molecule has 0 aliphatic carbocycles. The van der Waals surface area contributed by atoms with Crippen molar-refractivity contribution in [2.45, 2.75) is 25.2 Å². The van der Waals surface area contributed by atoms with Gasteiger partial charge in [-0.3, -0.25) is 0 Å². The molecule has 2 aromatic rings. The van der Waals surface area contributed by atoms with Gasteiger partial charge in [0, 0.05) is 0 Å². The summed E-state index contributed by atoms with van der Waals surface area (Å²) in [7, 11) is 0. The number of halogens is 1. The standard InChI is InChI=1S/C18H19BrSSe/c1-3-12-20-17-7-5-4-6-15(17)13-18(19)21-16-10-8-14(2)9-11-16/h4-11,13H,3,12H2,1-2H3/b18-13-. The molecular formula is C18H19BrSSe. The van der Waals surface area contributed by atoms with E-state index in [0.29, 0.717) is 15.0 Å². The Balaban J connectivity index is 2.12. The van der Waals surface area contributed by atoms with E-state index in [1.165, 1.54) is 36.0 Å². The number of aryl methyl sites for hydroxylation is 1. The summed E-state index contributed by atoms with van der Waals surface area (Å²) < 4.78 is 2.68. The predicted molar refractivity (Wildman–Crippen MR) is 101 cm³/mol. The third kappa shape index (κ3) is 5.67. The van der Waals surface area contributed by atoms with E-state index in [4.69, 9.17) is 0 Å². The third-order valence-corrected chi connectivity index (χ3v) is 6.97. The number of hydrogen-bond donors (Lipinski definition) is 0. The summed E-state index contributed by atoms with van der Waals surface area (Å²) in [6, 6.07) is 17.5. The van der Waals surface area contributed by atoms with Crippen LogP contribution in [-0.2, 0) is 0 Å². The van der Waals surface area contributed by atoms with Crippen molar-refractivity contribution in [1.29, 1.82) is 0 Å². The first-order valence-electron chi connectivity index (χ1n) is 7.02. The fourth-order valence-corrected chi connectivity index (χ4v) is 5.36. The molecule has 0 radical (unpaired) electrons. The molecule has 0 saturated heterocycles. The van der Waals surface area contributed by atoms with Crippen LogP contribution in [0.1, 0.15) is 24.5 Å². The van der Waals surface area contributed by atoms with E-state index in [0.717, 1.165) is 0 Å². The van der Waals surface area contributed by atoms with Crippen LogP contribution in [0.4, 0.5) is 0 Å². The fraction of sp³-hybridized carbons (Fsp3) is 0.222. The van der Waals surface area contributed by atoms with Crippen LogP contribution >= 0.6 is 27.7 Å². The molecule has 0 nitrogen and oxygen atoms in total. The first-order valence-corrected chi connectivity index (χ1v) is 10.5. The van der Waals surface area contributed by atoms with Gasteiger partial charge in [0.15, 0.2) is 0 Å². The minimum atomic E-state index is 0.330. The Hall–Kier alpha value is -0.471. The van der Waals surface area contributed by atoms with Crippen LogP contribution in [0, 0.1) is 6.92 Å². The molecule has 0 atom stereocenters. The summed E-state index contributed by atoms with van der Waals surface area (Å²) in [5.74, 6) is 1.17. The zero-order valence-corrected chi connectivity index (χ0v) is 16.4. The van der Waals surface area contributed by atoms with Crippen LogP contribution in [0.25, 0.3) is 6.08 Å². The summed E-state index contributed by atoms with van der Waals surface area (Å²) >= 11 is 6.02. The first kappa shape index (κ1) is 16.9. The van der Waals surface area contributed by atoms with Crippen LogP contribution in [0.15, 0.2) is 56.8 Å². The second-order valence-electron chi connectivity index (χ2n) is 4.75. The van der Waals surface area contributed by atoms with E-state index in [-0.39, 0.29) is 0 Å². The average Bonchev–Trinajstić information content (AvgIpc) is 2.49. The third-order valence-electron chi connectivity index (χ3n) is 2.89. The van der Waals surface area contributed by atoms with Crippen LogP contribution in [0.2, 0.25) is 0 Å². The summed E-state index contributed by atoms with van der Waals surface area (Å²) in [6.45, 7) is 4.35. The Kier molecular flexibility index (Phi) is 7.12. The van der Waals surface area contributed by atoms with Crippen molar-refractivity contribution in [3.8, 4) is 0 Å². The van der Waals surface area contributed by atoms with Crippen molar-refractivity contribution in [2.24, 2.45) is 0 Å². The maximum atomic E-state index is 3.75. The molecule has 0 fully saturated rings. The van der Waals surface area contributed by atoms with Crippen LogP contribution in [0.5, 0.6) is 0 Å². The molecule has 0 unspecified atom stereocenters. The molecule has 0 aliphatic rings. The second kappa shape index (κ2) is 8.85. The van der Waals surface area contributed by atoms with Gasteiger partial charge in [-0.2, -0.15) is 0 Å². The number of thioether (sulfide) groups is 1. The maximum absolute atomic E-state index is 3.75. The van der Waals surface area contributed by atoms with Crippen LogP contribution in [-0.4, -0.2) is 20.7 Å². The molecule has 0 heterocycles. The Labute approximate surface area is 146 Å². The zero-order chi connectivity index (χ0) is 15.1. The number of benzene rings is 2. The summed E-state index contributed by atoms with van der Waals surface area (Å²) in [6.07, 6.45) is 3.48. The van der Waals surface area contributed by atoms with Gasteiger partial charge in [-0.25, -0.2) is 0 Å². The monoisotopic (exact) mass is 426 g/mol. The molecular weight excluding hydrogens is 407 g/mol. The molecule has 2 rings (SSSR count). The molecule has 0 saturated carbocycles. The SMILES string of the molecule is CCCSc1ccccc1/C=C(/Br)[Se]c1ccc(C)cc1. The molecule has 110 valence electrons. The molecule has 0 spiro atoms. The Morgan fingerprint density at radius 2 is 1.86 bits per heavy atom. The van der Waals surface area contributed by atoms with E-state index in [2.05, 4.69) is 84.4 Å². The Bertz CT molecular complexity index is 605. The van der Waals surface area contributed by atoms with Crippen molar-refractivity contribution in [3.05, 3.63) is 63.0 Å². The molecule has 0 aromatic heterocycles. The molecule has 0 aliphatic heterocycles. The Morgan fingerprint density at radius 3 is 2.57 bits per heavy atom. The molecule has 3 heteroatoms. The average molecular weight is 426 g/mol. The van der Waals surface area contributed by atoms with Gasteiger partial charge in [-0.1, -0.05) is 0 Å². The Morgan fingerprint density at radius 1 is 1.14 bits per heavy atom. The van der Waals surface area contributed by atoms with E-state index in [9.17, 15) is 0 Å². The predicted octanol–water partition coefficient (Wildman–Crippen LogP) is 5.22.